The molecule has 2 aromatic rings. The maximum Gasteiger partial charge on any atom is 0.374 e. The van der Waals surface area contributed by atoms with E-state index in [0.717, 1.165) is 21.5 Å². The predicted molar refractivity (Wildman–Crippen MR) is 69.6 cm³/mol. The summed E-state index contributed by atoms with van der Waals surface area (Å²) in [5, 5.41) is 0. The molecule has 1 N–H and O–H groups in total. The minimum Gasteiger partial charge on any atom is -0.496 e. The molecular weight excluding hydrogens is 300 g/mol. The van der Waals surface area contributed by atoms with Gasteiger partial charge in [0.1, 0.15) is 5.75 Å². The Balaban J connectivity index is 2.34. The standard InChI is InChI=1S/C12H11BrN2O3/c1-17-10-4-3-7(5-8(10)13)9-6-14-11(15-9)12(16)18-2/h3-6H,1-2H3,(H,14,15). The number of hydrogen-bond acceptors (Lipinski definition) is 4. The summed E-state index contributed by atoms with van der Waals surface area (Å²) in [5.41, 5.74) is 1.63. The van der Waals surface area contributed by atoms with Crippen molar-refractivity contribution in [1.82, 2.24) is 9.97 Å². The van der Waals surface area contributed by atoms with Crippen molar-refractivity contribution in [3.05, 3.63) is 34.7 Å². The number of nitrogens with one attached hydrogen (secondary N) is 1. The van der Waals surface area contributed by atoms with Crippen LogP contribution in [0.1, 0.15) is 10.6 Å². The summed E-state index contributed by atoms with van der Waals surface area (Å²) in [6.45, 7) is 0. The monoisotopic (exact) mass is 310 g/mol. The number of H-pyrrole nitrogens is 1. The summed E-state index contributed by atoms with van der Waals surface area (Å²) < 4.78 is 10.6. The van der Waals surface area contributed by atoms with Crippen molar-refractivity contribution in [3.63, 3.8) is 0 Å². The quantitative estimate of drug-likeness (QED) is 0.885. The van der Waals surface area contributed by atoms with Crippen molar-refractivity contribution in [2.24, 2.45) is 0 Å². The van der Waals surface area contributed by atoms with Crippen LogP contribution in [0.25, 0.3) is 11.3 Å². The summed E-state index contributed by atoms with van der Waals surface area (Å²) in [7, 11) is 2.92. The van der Waals surface area contributed by atoms with Gasteiger partial charge in [0.15, 0.2) is 0 Å². The number of rotatable bonds is 3. The van der Waals surface area contributed by atoms with Crippen molar-refractivity contribution in [2.75, 3.05) is 14.2 Å². The van der Waals surface area contributed by atoms with Crippen molar-refractivity contribution in [1.29, 1.82) is 0 Å². The molecule has 1 heterocycles. The summed E-state index contributed by atoms with van der Waals surface area (Å²) in [6, 6.07) is 5.59. The summed E-state index contributed by atoms with van der Waals surface area (Å²) in [4.78, 5) is 18.1. The van der Waals surface area contributed by atoms with Crippen LogP contribution in [0.3, 0.4) is 0 Å². The zero-order valence-electron chi connectivity index (χ0n) is 9.86. The molecule has 2 rings (SSSR count). The summed E-state index contributed by atoms with van der Waals surface area (Å²) in [5.74, 6) is 0.430. The van der Waals surface area contributed by atoms with Gasteiger partial charge in [-0.2, -0.15) is 0 Å². The molecule has 94 valence electrons. The number of imidazole rings is 1. The van der Waals surface area contributed by atoms with Crippen LogP contribution in [0.5, 0.6) is 5.75 Å². The van der Waals surface area contributed by atoms with Gasteiger partial charge >= 0.3 is 5.97 Å². The molecule has 0 saturated carbocycles. The van der Waals surface area contributed by atoms with Crippen molar-refractivity contribution < 1.29 is 14.3 Å². The minimum atomic E-state index is -0.492. The highest BCUT2D eigenvalue weighted by Crippen LogP contribution is 2.29. The highest BCUT2D eigenvalue weighted by atomic mass is 79.9. The number of nitrogens with zero attached hydrogens (tertiary/aromatic N) is 1. The van der Waals surface area contributed by atoms with E-state index in [1.807, 2.05) is 18.2 Å². The maximum atomic E-state index is 11.3. The largest absolute Gasteiger partial charge is 0.496 e. The first kappa shape index (κ1) is 12.6. The second-order valence-corrected chi connectivity index (χ2v) is 4.34. The first-order valence-corrected chi connectivity index (χ1v) is 5.92. The third kappa shape index (κ3) is 2.38. The van der Waals surface area contributed by atoms with E-state index in [4.69, 9.17) is 4.74 Å². The smallest absolute Gasteiger partial charge is 0.374 e. The zero-order valence-corrected chi connectivity index (χ0v) is 11.4. The molecule has 18 heavy (non-hydrogen) atoms. The minimum absolute atomic E-state index is 0.180. The van der Waals surface area contributed by atoms with Gasteiger partial charge in [-0.3, -0.25) is 0 Å². The second-order valence-electron chi connectivity index (χ2n) is 3.49. The van der Waals surface area contributed by atoms with Gasteiger partial charge in [-0.15, -0.1) is 0 Å². The van der Waals surface area contributed by atoms with E-state index in [1.54, 1.807) is 13.3 Å². The van der Waals surface area contributed by atoms with E-state index in [0.29, 0.717) is 0 Å². The molecule has 0 atom stereocenters. The van der Waals surface area contributed by atoms with Crippen LogP contribution >= 0.6 is 15.9 Å². The maximum absolute atomic E-state index is 11.3. The third-order valence-corrected chi connectivity index (χ3v) is 3.04. The Morgan fingerprint density at radius 3 is 2.78 bits per heavy atom. The second kappa shape index (κ2) is 5.22. The van der Waals surface area contributed by atoms with E-state index in [9.17, 15) is 4.79 Å². The molecule has 5 nitrogen and oxygen atoms in total. The van der Waals surface area contributed by atoms with Crippen LogP contribution < -0.4 is 4.74 Å². The summed E-state index contributed by atoms with van der Waals surface area (Å²) in [6.07, 6.45) is 1.58. The Morgan fingerprint density at radius 2 is 2.17 bits per heavy atom. The molecule has 0 fully saturated rings. The first-order chi connectivity index (χ1) is 8.65. The van der Waals surface area contributed by atoms with Crippen LogP contribution in [0.15, 0.2) is 28.9 Å². The van der Waals surface area contributed by atoms with Gasteiger partial charge in [0.25, 0.3) is 0 Å². The van der Waals surface area contributed by atoms with Crippen LogP contribution in [0, 0.1) is 0 Å². The average molecular weight is 311 g/mol. The number of aromatic amines is 1. The zero-order chi connectivity index (χ0) is 13.1. The van der Waals surface area contributed by atoms with Crippen LogP contribution in [-0.4, -0.2) is 30.2 Å². The predicted octanol–water partition coefficient (Wildman–Crippen LogP) is 2.63. The van der Waals surface area contributed by atoms with E-state index >= 15 is 0 Å². The molecular formula is C12H11BrN2O3. The number of benzene rings is 1. The van der Waals surface area contributed by atoms with Gasteiger partial charge in [0.2, 0.25) is 5.82 Å². The van der Waals surface area contributed by atoms with E-state index in [2.05, 4.69) is 30.6 Å². The Labute approximate surface area is 112 Å². The van der Waals surface area contributed by atoms with Gasteiger partial charge in [-0.1, -0.05) is 0 Å². The number of halogens is 1. The lowest BCUT2D eigenvalue weighted by atomic mass is 10.2. The number of carbonyl (C=O) groups excluding carboxylic acids is 1. The van der Waals surface area contributed by atoms with Gasteiger partial charge < -0.3 is 14.5 Å². The lowest BCUT2D eigenvalue weighted by Gasteiger charge is -2.04. The Hall–Kier alpha value is -1.82. The fourth-order valence-corrected chi connectivity index (χ4v) is 2.04. The van der Waals surface area contributed by atoms with Crippen LogP contribution in [-0.2, 0) is 4.74 Å². The number of esters is 1. The molecule has 6 heteroatoms. The van der Waals surface area contributed by atoms with E-state index in [-0.39, 0.29) is 5.82 Å². The summed E-state index contributed by atoms with van der Waals surface area (Å²) >= 11 is 3.40. The molecule has 1 aromatic heterocycles. The van der Waals surface area contributed by atoms with Gasteiger partial charge in [-0.05, 0) is 34.1 Å². The van der Waals surface area contributed by atoms with Crippen LogP contribution in [0.2, 0.25) is 0 Å². The average Bonchev–Trinajstić information content (AvgIpc) is 2.87. The topological polar surface area (TPSA) is 64.2 Å². The number of ether oxygens (including phenoxy) is 2. The molecule has 1 aromatic carbocycles. The number of hydrogen-bond donors (Lipinski definition) is 1. The first-order valence-electron chi connectivity index (χ1n) is 5.13. The Bertz CT molecular complexity index is 580. The highest BCUT2D eigenvalue weighted by molar-refractivity contribution is 9.10. The molecule has 0 aliphatic carbocycles. The van der Waals surface area contributed by atoms with Gasteiger partial charge in [0, 0.05) is 5.56 Å². The SMILES string of the molecule is COC(=O)c1ncc(-c2ccc(OC)c(Br)c2)[nH]1. The molecule has 0 amide bonds. The fourth-order valence-electron chi connectivity index (χ4n) is 1.50. The molecule has 0 aliphatic rings. The number of carbonyl (C=O) groups is 1. The molecule has 0 unspecified atom stereocenters. The van der Waals surface area contributed by atoms with Gasteiger partial charge in [-0.25, -0.2) is 9.78 Å². The van der Waals surface area contributed by atoms with E-state index in [1.165, 1.54) is 7.11 Å². The molecule has 0 saturated heterocycles. The van der Waals surface area contributed by atoms with E-state index < -0.39 is 5.97 Å². The third-order valence-electron chi connectivity index (χ3n) is 2.42. The molecule has 0 spiro atoms. The number of methoxy groups -OCH3 is 2. The highest BCUT2D eigenvalue weighted by Gasteiger charge is 2.11. The molecule has 0 radical (unpaired) electrons. The van der Waals surface area contributed by atoms with Crippen molar-refractivity contribution in [3.8, 4) is 17.0 Å². The molecule has 0 aliphatic heterocycles. The lowest BCUT2D eigenvalue weighted by Crippen LogP contribution is -2.03. The lowest BCUT2D eigenvalue weighted by molar-refractivity contribution is 0.0588. The fraction of sp³-hybridized carbons (Fsp3) is 0.167. The Kier molecular flexibility index (Phi) is 3.66. The van der Waals surface area contributed by atoms with Crippen LogP contribution in [0.4, 0.5) is 0 Å². The normalized spacial score (nSPS) is 10.2. The van der Waals surface area contributed by atoms with Crippen molar-refractivity contribution >= 4 is 21.9 Å². The molecule has 0 bridgehead atoms. The Morgan fingerprint density at radius 1 is 1.39 bits per heavy atom. The number of aromatic nitrogens is 2. The van der Waals surface area contributed by atoms with Crippen molar-refractivity contribution in [2.45, 2.75) is 0 Å². The van der Waals surface area contributed by atoms with Gasteiger partial charge in [0.05, 0.1) is 30.6 Å².